The van der Waals surface area contributed by atoms with Gasteiger partial charge in [0.15, 0.2) is 0 Å². The maximum Gasteiger partial charge on any atom is 0.270 e. The van der Waals surface area contributed by atoms with Crippen LogP contribution in [0, 0.1) is 5.92 Å². The molecule has 4 nitrogen and oxygen atoms in total. The van der Waals surface area contributed by atoms with Gasteiger partial charge < -0.3 is 10.4 Å². The second-order valence-electron chi connectivity index (χ2n) is 12.4. The molecule has 1 heterocycles. The molecule has 0 spiro atoms. The molecule has 2 aliphatic rings. The molecule has 0 saturated heterocycles. The van der Waals surface area contributed by atoms with E-state index in [9.17, 15) is 18.7 Å². The average Bonchev–Trinajstić information content (AvgIpc) is 3.34. The van der Waals surface area contributed by atoms with Crippen molar-refractivity contribution in [1.29, 1.82) is 0 Å². The number of para-hydroxylation sites is 1. The molecule has 7 heteroatoms. The van der Waals surface area contributed by atoms with Crippen molar-refractivity contribution in [2.75, 3.05) is 0 Å². The van der Waals surface area contributed by atoms with Gasteiger partial charge in [0, 0.05) is 37.2 Å². The van der Waals surface area contributed by atoms with E-state index in [1.165, 1.54) is 17.2 Å². The first kappa shape index (κ1) is 32.1. The minimum Gasteiger partial charge on any atom is -0.507 e. The lowest BCUT2D eigenvalue weighted by Crippen LogP contribution is -2.24. The predicted octanol–water partition coefficient (Wildman–Crippen LogP) is 8.17. The fourth-order valence-corrected chi connectivity index (χ4v) is 6.24. The summed E-state index contributed by atoms with van der Waals surface area (Å²) < 4.78 is 28.1. The number of allylic oxidation sites excluding steroid dienone is 4. The summed E-state index contributed by atoms with van der Waals surface area (Å²) in [7, 11) is 6.28. The summed E-state index contributed by atoms with van der Waals surface area (Å²) >= 11 is 0. The van der Waals surface area contributed by atoms with E-state index in [0.29, 0.717) is 18.5 Å². The van der Waals surface area contributed by atoms with Crippen molar-refractivity contribution in [3.63, 3.8) is 0 Å². The molecule has 1 amide bonds. The van der Waals surface area contributed by atoms with Crippen molar-refractivity contribution >= 4 is 25.5 Å². The molecule has 5 rings (SSSR count). The van der Waals surface area contributed by atoms with Gasteiger partial charge in [-0.3, -0.25) is 9.79 Å². The number of aliphatic imine (C=N–C) groups is 1. The summed E-state index contributed by atoms with van der Waals surface area (Å²) in [6, 6.07) is 22.0. The molecule has 230 valence electrons. The van der Waals surface area contributed by atoms with Gasteiger partial charge in [0.2, 0.25) is 5.91 Å². The van der Waals surface area contributed by atoms with Crippen LogP contribution in [-0.4, -0.2) is 31.1 Å². The number of halogens is 2. The number of hydrogen-bond acceptors (Lipinski definition) is 3. The molecular formula is C38H39BF2N2O2. The highest BCUT2D eigenvalue weighted by Gasteiger charge is 2.29. The maximum absolute atomic E-state index is 14.1. The standard InChI is InChI=1S/C38H39BF2N2O2/c1-24(29-20-28(31-9-5-7-11-36(31)44)16-17-32-34(39)23-42-35(32)21-29)18-26-12-14-27(15-13-26)22-43-37(45)19-25(2)30-8-4-6-10-33(30)38(3,40)41/h4-16,20,23-25,35,44H,17-19,21-22H2,1-3H3,(H,43,45)/t24?,25-,35?/m1/s1. The number of carbonyl (C=O) groups excluding carboxylic acids is 1. The zero-order valence-corrected chi connectivity index (χ0v) is 26.1. The van der Waals surface area contributed by atoms with Crippen LogP contribution in [-0.2, 0) is 23.7 Å². The number of nitrogens with one attached hydrogen (secondary N) is 1. The number of amides is 1. The number of benzene rings is 3. The largest absolute Gasteiger partial charge is 0.507 e. The maximum atomic E-state index is 14.1. The van der Waals surface area contributed by atoms with Crippen LogP contribution in [0.4, 0.5) is 8.78 Å². The number of fused-ring (bicyclic) bond motifs is 1. The number of nitrogens with zero attached hydrogens (tertiary/aromatic N) is 1. The Morgan fingerprint density at radius 3 is 2.44 bits per heavy atom. The van der Waals surface area contributed by atoms with Crippen LogP contribution in [0.15, 0.2) is 107 Å². The molecular weight excluding hydrogens is 565 g/mol. The van der Waals surface area contributed by atoms with E-state index in [-0.39, 0.29) is 41.5 Å². The lowest BCUT2D eigenvalue weighted by Gasteiger charge is -2.24. The molecule has 0 saturated carbocycles. The first-order valence-corrected chi connectivity index (χ1v) is 15.5. The third-order valence-corrected chi connectivity index (χ3v) is 8.84. The molecule has 2 unspecified atom stereocenters. The minimum atomic E-state index is -2.96. The molecule has 0 bridgehead atoms. The molecule has 0 fully saturated rings. The number of phenolic OH excluding ortho intramolecular Hbond substituents is 1. The van der Waals surface area contributed by atoms with Gasteiger partial charge in [-0.05, 0) is 65.0 Å². The van der Waals surface area contributed by atoms with E-state index in [1.54, 1.807) is 37.4 Å². The van der Waals surface area contributed by atoms with Gasteiger partial charge in [-0.1, -0.05) is 104 Å². The molecule has 3 aromatic carbocycles. The van der Waals surface area contributed by atoms with Crippen molar-refractivity contribution in [3.05, 3.63) is 129 Å². The molecule has 45 heavy (non-hydrogen) atoms. The van der Waals surface area contributed by atoms with Crippen LogP contribution in [0.1, 0.15) is 73.8 Å². The number of rotatable bonds is 10. The fourth-order valence-electron chi connectivity index (χ4n) is 6.24. The van der Waals surface area contributed by atoms with E-state index < -0.39 is 5.92 Å². The second-order valence-corrected chi connectivity index (χ2v) is 12.4. The summed E-state index contributed by atoms with van der Waals surface area (Å²) in [5.74, 6) is -3.02. The van der Waals surface area contributed by atoms with Crippen molar-refractivity contribution < 1.29 is 18.7 Å². The third-order valence-electron chi connectivity index (χ3n) is 8.84. The minimum absolute atomic E-state index is 0.0292. The zero-order valence-electron chi connectivity index (χ0n) is 26.1. The topological polar surface area (TPSA) is 61.7 Å². The fraction of sp³-hybridized carbons (Fsp3) is 0.316. The number of carbonyl (C=O) groups is 1. The quantitative estimate of drug-likeness (QED) is 0.230. The highest BCUT2D eigenvalue weighted by Crippen LogP contribution is 2.37. The van der Waals surface area contributed by atoms with Crippen molar-refractivity contribution in [2.45, 2.75) is 70.9 Å². The molecule has 2 radical (unpaired) electrons. The molecule has 1 aliphatic heterocycles. The highest BCUT2D eigenvalue weighted by molar-refractivity contribution is 6.34. The summed E-state index contributed by atoms with van der Waals surface area (Å²) in [4.78, 5) is 17.4. The van der Waals surface area contributed by atoms with Crippen molar-refractivity contribution in [1.82, 2.24) is 5.32 Å². The first-order chi connectivity index (χ1) is 21.5. The van der Waals surface area contributed by atoms with Gasteiger partial charge in [-0.25, -0.2) is 8.78 Å². The Balaban J connectivity index is 1.22. The van der Waals surface area contributed by atoms with Gasteiger partial charge in [0.1, 0.15) is 13.6 Å². The Kier molecular flexibility index (Phi) is 9.86. The SMILES string of the molecule is [B]C1=C2CC=C(c3ccccc3O)C=C(C(C)Cc3ccc(CNC(=O)C[C@@H](C)c4ccccc4C(C)(F)F)cc3)CC2N=C1. The lowest BCUT2D eigenvalue weighted by molar-refractivity contribution is -0.121. The monoisotopic (exact) mass is 604 g/mol. The highest BCUT2D eigenvalue weighted by atomic mass is 19.3. The van der Waals surface area contributed by atoms with Crippen LogP contribution in [0.2, 0.25) is 0 Å². The van der Waals surface area contributed by atoms with Crippen LogP contribution in [0.3, 0.4) is 0 Å². The van der Waals surface area contributed by atoms with Crippen LogP contribution in [0.25, 0.3) is 5.57 Å². The number of hydrogen-bond donors (Lipinski definition) is 2. The molecule has 0 aromatic heterocycles. The number of alkyl halides is 2. The predicted molar refractivity (Wildman–Crippen MR) is 179 cm³/mol. The van der Waals surface area contributed by atoms with Gasteiger partial charge in [-0.15, -0.1) is 0 Å². The first-order valence-electron chi connectivity index (χ1n) is 15.5. The Bertz CT molecular complexity index is 1670. The summed E-state index contributed by atoms with van der Waals surface area (Å²) in [6.07, 6.45) is 8.50. The number of phenols is 1. The Morgan fingerprint density at radius 1 is 1.02 bits per heavy atom. The van der Waals surface area contributed by atoms with Crippen LogP contribution >= 0.6 is 0 Å². The van der Waals surface area contributed by atoms with Crippen molar-refractivity contribution in [2.24, 2.45) is 10.9 Å². The van der Waals surface area contributed by atoms with Crippen LogP contribution in [0.5, 0.6) is 5.75 Å². The smallest absolute Gasteiger partial charge is 0.270 e. The van der Waals surface area contributed by atoms with E-state index >= 15 is 0 Å². The molecule has 3 atom stereocenters. The van der Waals surface area contributed by atoms with Gasteiger partial charge in [0.25, 0.3) is 5.92 Å². The second kappa shape index (κ2) is 13.8. The normalized spacial score (nSPS) is 17.9. The molecule has 3 aromatic rings. The molecule has 1 aliphatic carbocycles. The summed E-state index contributed by atoms with van der Waals surface area (Å²) in [5.41, 5.74) is 7.47. The van der Waals surface area contributed by atoms with E-state index in [4.69, 9.17) is 7.85 Å². The van der Waals surface area contributed by atoms with E-state index in [2.05, 4.69) is 41.5 Å². The third kappa shape index (κ3) is 7.88. The van der Waals surface area contributed by atoms with Crippen molar-refractivity contribution in [3.8, 4) is 5.75 Å². The van der Waals surface area contributed by atoms with Gasteiger partial charge in [0.05, 0.1) is 6.04 Å². The Labute approximate surface area is 266 Å². The molecule has 2 N–H and O–H groups in total. The van der Waals surface area contributed by atoms with Crippen LogP contribution < -0.4 is 5.32 Å². The van der Waals surface area contributed by atoms with Gasteiger partial charge in [-0.2, -0.15) is 0 Å². The van der Waals surface area contributed by atoms with Gasteiger partial charge >= 0.3 is 0 Å². The van der Waals surface area contributed by atoms with E-state index in [0.717, 1.165) is 47.5 Å². The summed E-state index contributed by atoms with van der Waals surface area (Å²) in [6.45, 7) is 5.26. The van der Waals surface area contributed by atoms with E-state index in [1.807, 2.05) is 30.3 Å². The Morgan fingerprint density at radius 2 is 1.71 bits per heavy atom. The summed E-state index contributed by atoms with van der Waals surface area (Å²) in [5, 5.41) is 13.5. The number of aromatic hydroxyl groups is 1. The Hall–Kier alpha value is -4.26. The lowest BCUT2D eigenvalue weighted by atomic mass is 9.80. The zero-order chi connectivity index (χ0) is 32.1. The average molecular weight is 605 g/mol.